The second-order valence-corrected chi connectivity index (χ2v) is 5.39. The molecule has 0 spiro atoms. The van der Waals surface area contributed by atoms with Crippen molar-refractivity contribution in [1.29, 1.82) is 0 Å². The molecular weight excluding hydrogens is 224 g/mol. The molecule has 0 radical (unpaired) electrons. The van der Waals surface area contributed by atoms with Crippen molar-refractivity contribution >= 4 is 0 Å². The summed E-state index contributed by atoms with van der Waals surface area (Å²) in [6.45, 7) is 11.1. The maximum Gasteiger partial charge on any atom is 0.0700 e. The van der Waals surface area contributed by atoms with Gasteiger partial charge < -0.3 is 15.0 Å². The largest absolute Gasteiger partial charge is 0.376 e. The van der Waals surface area contributed by atoms with Gasteiger partial charge in [-0.05, 0) is 45.3 Å². The zero-order valence-electron chi connectivity index (χ0n) is 12.4. The van der Waals surface area contributed by atoms with Gasteiger partial charge in [0.2, 0.25) is 0 Å². The van der Waals surface area contributed by atoms with E-state index >= 15 is 0 Å². The summed E-state index contributed by atoms with van der Waals surface area (Å²) < 4.78 is 6.03. The SMILES string of the molecule is CCCNCC(CCC)OCCN1CCCCC1. The summed E-state index contributed by atoms with van der Waals surface area (Å²) in [4.78, 5) is 2.55. The maximum atomic E-state index is 6.03. The number of likely N-dealkylation sites (tertiary alicyclic amines) is 1. The minimum absolute atomic E-state index is 0.409. The van der Waals surface area contributed by atoms with Gasteiger partial charge in [-0.2, -0.15) is 0 Å². The standard InChI is InChI=1S/C15H32N2O/c1-3-8-15(14-16-9-4-2)18-13-12-17-10-6-5-7-11-17/h15-16H,3-14H2,1-2H3. The first-order chi connectivity index (χ1) is 8.86. The average molecular weight is 256 g/mol. The second kappa shape index (κ2) is 10.8. The summed E-state index contributed by atoms with van der Waals surface area (Å²) in [5, 5.41) is 3.47. The molecule has 1 heterocycles. The number of nitrogens with one attached hydrogen (secondary N) is 1. The fourth-order valence-corrected chi connectivity index (χ4v) is 2.54. The summed E-state index contributed by atoms with van der Waals surface area (Å²) in [5.74, 6) is 0. The van der Waals surface area contributed by atoms with Crippen LogP contribution < -0.4 is 5.32 Å². The van der Waals surface area contributed by atoms with Gasteiger partial charge in [0.25, 0.3) is 0 Å². The molecule has 108 valence electrons. The highest BCUT2D eigenvalue weighted by Gasteiger charge is 2.11. The summed E-state index contributed by atoms with van der Waals surface area (Å²) in [7, 11) is 0. The molecular formula is C15H32N2O. The molecule has 0 aromatic heterocycles. The third-order valence-electron chi connectivity index (χ3n) is 3.62. The summed E-state index contributed by atoms with van der Waals surface area (Å²) in [5.41, 5.74) is 0. The minimum atomic E-state index is 0.409. The molecule has 1 atom stereocenters. The van der Waals surface area contributed by atoms with Gasteiger partial charge in [-0.25, -0.2) is 0 Å². The summed E-state index contributed by atoms with van der Waals surface area (Å²) in [6, 6.07) is 0. The highest BCUT2D eigenvalue weighted by Crippen LogP contribution is 2.08. The molecule has 0 saturated carbocycles. The first kappa shape index (κ1) is 15.9. The summed E-state index contributed by atoms with van der Waals surface area (Å²) in [6.07, 6.45) is 8.15. The van der Waals surface area contributed by atoms with Crippen LogP contribution in [0.2, 0.25) is 0 Å². The van der Waals surface area contributed by atoms with Gasteiger partial charge in [0.05, 0.1) is 12.7 Å². The van der Waals surface area contributed by atoms with Crippen molar-refractivity contribution in [3.8, 4) is 0 Å². The van der Waals surface area contributed by atoms with Crippen LogP contribution in [0.5, 0.6) is 0 Å². The molecule has 0 aromatic rings. The number of rotatable bonds is 10. The van der Waals surface area contributed by atoms with Crippen molar-refractivity contribution in [2.45, 2.75) is 58.5 Å². The molecule has 1 aliphatic heterocycles. The molecule has 1 N–H and O–H groups in total. The van der Waals surface area contributed by atoms with E-state index in [1.165, 1.54) is 51.6 Å². The Kier molecular flexibility index (Phi) is 9.54. The zero-order chi connectivity index (χ0) is 13.1. The van der Waals surface area contributed by atoms with E-state index in [2.05, 4.69) is 24.1 Å². The molecule has 1 unspecified atom stereocenters. The minimum Gasteiger partial charge on any atom is -0.376 e. The Balaban J connectivity index is 2.07. The van der Waals surface area contributed by atoms with Gasteiger partial charge in [-0.3, -0.25) is 0 Å². The van der Waals surface area contributed by atoms with Crippen molar-refractivity contribution in [2.24, 2.45) is 0 Å². The number of nitrogens with zero attached hydrogens (tertiary/aromatic N) is 1. The molecule has 0 bridgehead atoms. The number of ether oxygens (including phenoxy) is 1. The first-order valence-electron chi connectivity index (χ1n) is 7.91. The molecule has 3 nitrogen and oxygen atoms in total. The predicted molar refractivity (Wildman–Crippen MR) is 78.1 cm³/mol. The Morgan fingerprint density at radius 2 is 1.89 bits per heavy atom. The van der Waals surface area contributed by atoms with Crippen molar-refractivity contribution < 1.29 is 4.74 Å². The molecule has 1 fully saturated rings. The molecule has 0 aliphatic carbocycles. The van der Waals surface area contributed by atoms with E-state index < -0.39 is 0 Å². The highest BCUT2D eigenvalue weighted by molar-refractivity contribution is 4.66. The molecule has 1 rings (SSSR count). The molecule has 1 aliphatic rings. The van der Waals surface area contributed by atoms with E-state index in [1.807, 2.05) is 0 Å². The van der Waals surface area contributed by atoms with Crippen LogP contribution in [-0.4, -0.2) is 50.3 Å². The van der Waals surface area contributed by atoms with Gasteiger partial charge >= 0.3 is 0 Å². The second-order valence-electron chi connectivity index (χ2n) is 5.39. The quantitative estimate of drug-likeness (QED) is 0.608. The van der Waals surface area contributed by atoms with Crippen molar-refractivity contribution in [3.63, 3.8) is 0 Å². The molecule has 0 aromatic carbocycles. The van der Waals surface area contributed by atoms with E-state index in [4.69, 9.17) is 4.74 Å². The van der Waals surface area contributed by atoms with E-state index in [0.29, 0.717) is 6.10 Å². The molecule has 1 saturated heterocycles. The third kappa shape index (κ3) is 7.34. The number of hydrogen-bond acceptors (Lipinski definition) is 3. The Morgan fingerprint density at radius 3 is 2.56 bits per heavy atom. The number of piperidine rings is 1. The van der Waals surface area contributed by atoms with Crippen LogP contribution in [0.1, 0.15) is 52.4 Å². The topological polar surface area (TPSA) is 24.5 Å². The van der Waals surface area contributed by atoms with Gasteiger partial charge in [0, 0.05) is 13.1 Å². The van der Waals surface area contributed by atoms with Crippen molar-refractivity contribution in [2.75, 3.05) is 39.3 Å². The lowest BCUT2D eigenvalue weighted by Crippen LogP contribution is -2.35. The predicted octanol–water partition coefficient (Wildman–Crippen LogP) is 2.66. The number of hydrogen-bond donors (Lipinski definition) is 1. The average Bonchev–Trinajstić information content (AvgIpc) is 2.40. The van der Waals surface area contributed by atoms with Crippen LogP contribution >= 0.6 is 0 Å². The Labute approximate surface area is 113 Å². The fraction of sp³-hybridized carbons (Fsp3) is 1.00. The fourth-order valence-electron chi connectivity index (χ4n) is 2.54. The van der Waals surface area contributed by atoms with Crippen LogP contribution in [0.3, 0.4) is 0 Å². The van der Waals surface area contributed by atoms with E-state index in [1.54, 1.807) is 0 Å². The Bertz CT molecular complexity index is 181. The molecule has 3 heteroatoms. The van der Waals surface area contributed by atoms with E-state index in [0.717, 1.165) is 26.2 Å². The van der Waals surface area contributed by atoms with Gasteiger partial charge in [0.15, 0.2) is 0 Å². The lowest BCUT2D eigenvalue weighted by atomic mass is 10.1. The van der Waals surface area contributed by atoms with Crippen LogP contribution in [0, 0.1) is 0 Å². The van der Waals surface area contributed by atoms with E-state index in [-0.39, 0.29) is 0 Å². The monoisotopic (exact) mass is 256 g/mol. The molecule has 18 heavy (non-hydrogen) atoms. The van der Waals surface area contributed by atoms with Gasteiger partial charge in [0.1, 0.15) is 0 Å². The van der Waals surface area contributed by atoms with E-state index in [9.17, 15) is 0 Å². The van der Waals surface area contributed by atoms with Crippen molar-refractivity contribution in [1.82, 2.24) is 10.2 Å². The summed E-state index contributed by atoms with van der Waals surface area (Å²) >= 11 is 0. The first-order valence-corrected chi connectivity index (χ1v) is 7.91. The van der Waals surface area contributed by atoms with Crippen LogP contribution in [0.15, 0.2) is 0 Å². The lowest BCUT2D eigenvalue weighted by molar-refractivity contribution is 0.0297. The smallest absolute Gasteiger partial charge is 0.0700 e. The zero-order valence-corrected chi connectivity index (χ0v) is 12.4. The molecule has 0 amide bonds. The third-order valence-corrected chi connectivity index (χ3v) is 3.62. The van der Waals surface area contributed by atoms with Crippen molar-refractivity contribution in [3.05, 3.63) is 0 Å². The Hall–Kier alpha value is -0.120. The van der Waals surface area contributed by atoms with Gasteiger partial charge in [-0.15, -0.1) is 0 Å². The maximum absolute atomic E-state index is 6.03. The lowest BCUT2D eigenvalue weighted by Gasteiger charge is -2.27. The Morgan fingerprint density at radius 1 is 1.11 bits per heavy atom. The van der Waals surface area contributed by atoms with Gasteiger partial charge in [-0.1, -0.05) is 26.7 Å². The van der Waals surface area contributed by atoms with Crippen LogP contribution in [0.25, 0.3) is 0 Å². The highest BCUT2D eigenvalue weighted by atomic mass is 16.5. The normalized spacial score (nSPS) is 19.0. The van der Waals surface area contributed by atoms with Crippen LogP contribution in [0.4, 0.5) is 0 Å². The van der Waals surface area contributed by atoms with Crippen LogP contribution in [-0.2, 0) is 4.74 Å².